The highest BCUT2D eigenvalue weighted by atomic mass is 35.5. The molecule has 1 heterocycles. The van der Waals surface area contributed by atoms with E-state index < -0.39 is 29.4 Å². The number of hydrogen-bond donors (Lipinski definition) is 1. The molecule has 1 aromatic rings. The van der Waals surface area contributed by atoms with Gasteiger partial charge in [-0.25, -0.2) is 4.79 Å². The molecule has 0 fully saturated rings. The zero-order valence-corrected chi connectivity index (χ0v) is 14.9. The number of halogens is 1. The molecule has 2 N–H and O–H groups in total. The zero-order chi connectivity index (χ0) is 18.6. The maximum Gasteiger partial charge on any atom is 0.328 e. The first-order valence-corrected chi connectivity index (χ1v) is 8.52. The molecular weight excluding hydrogens is 348 g/mol. The number of alkyl halides is 1. The van der Waals surface area contributed by atoms with Crippen molar-refractivity contribution in [1.82, 2.24) is 4.90 Å². The Kier molecular flexibility index (Phi) is 6.25. The van der Waals surface area contributed by atoms with Crippen LogP contribution in [0.4, 0.5) is 5.69 Å². The Labute approximate surface area is 151 Å². The first kappa shape index (κ1) is 19.1. The normalized spacial score (nSPS) is 17.2. The van der Waals surface area contributed by atoms with Crippen LogP contribution >= 0.6 is 11.6 Å². The Hall–Kier alpha value is -2.28. The predicted molar refractivity (Wildman–Crippen MR) is 91.9 cm³/mol. The first-order valence-electron chi connectivity index (χ1n) is 8.09. The molecule has 0 saturated carbocycles. The van der Waals surface area contributed by atoms with Crippen LogP contribution in [0, 0.1) is 0 Å². The molecule has 0 spiro atoms. The molecule has 0 radical (unpaired) electrons. The van der Waals surface area contributed by atoms with Crippen LogP contribution in [-0.4, -0.2) is 42.0 Å². The van der Waals surface area contributed by atoms with Gasteiger partial charge in [0, 0.05) is 23.2 Å². The number of hydrogen-bond acceptors (Lipinski definition) is 6. The standard InChI is InChI=1S/C17H21ClN2O5/c1-3-24-14(21)8-7-13(17(23)25-4-2)20-15(18)12-9-10(19)5-6-11(12)16(20)22/h5-6,9,13,15H,3-4,7-8,19H2,1-2H3/t13-,15?/m0/s1. The summed E-state index contributed by atoms with van der Waals surface area (Å²) in [6.07, 6.45) is 0.0410. The van der Waals surface area contributed by atoms with Gasteiger partial charge in [-0.15, -0.1) is 0 Å². The van der Waals surface area contributed by atoms with Crippen molar-refractivity contribution in [3.05, 3.63) is 29.3 Å². The number of ether oxygens (including phenoxy) is 2. The van der Waals surface area contributed by atoms with Crippen LogP contribution in [0.25, 0.3) is 0 Å². The molecule has 0 saturated heterocycles. The molecule has 1 unspecified atom stereocenters. The third kappa shape index (κ3) is 4.04. The number of anilines is 1. The molecule has 1 amide bonds. The quantitative estimate of drug-likeness (QED) is 0.343. The number of nitrogens with two attached hydrogens (primary N) is 1. The van der Waals surface area contributed by atoms with E-state index in [1.54, 1.807) is 32.0 Å². The SMILES string of the molecule is CCOC(=O)CC[C@@H](C(=O)OCC)N1C(=O)c2ccc(N)cc2C1Cl. The van der Waals surface area contributed by atoms with E-state index in [0.29, 0.717) is 16.8 Å². The van der Waals surface area contributed by atoms with E-state index in [-0.39, 0.29) is 26.1 Å². The second kappa shape index (κ2) is 8.20. The van der Waals surface area contributed by atoms with Crippen LogP contribution < -0.4 is 5.73 Å². The van der Waals surface area contributed by atoms with Crippen LogP contribution in [0.1, 0.15) is 48.1 Å². The molecule has 8 heteroatoms. The molecule has 1 aromatic carbocycles. The lowest BCUT2D eigenvalue weighted by Crippen LogP contribution is -2.43. The van der Waals surface area contributed by atoms with Gasteiger partial charge in [0.15, 0.2) is 0 Å². The van der Waals surface area contributed by atoms with Crippen molar-refractivity contribution in [3.63, 3.8) is 0 Å². The number of esters is 2. The minimum atomic E-state index is -0.979. The van der Waals surface area contributed by atoms with Gasteiger partial charge < -0.3 is 20.1 Å². The lowest BCUT2D eigenvalue weighted by Gasteiger charge is -2.28. The summed E-state index contributed by atoms with van der Waals surface area (Å²) in [5, 5.41) is 0. The van der Waals surface area contributed by atoms with Gasteiger partial charge in [-0.05, 0) is 38.5 Å². The fraction of sp³-hybridized carbons (Fsp3) is 0.471. The molecule has 2 atom stereocenters. The highest BCUT2D eigenvalue weighted by Crippen LogP contribution is 2.40. The van der Waals surface area contributed by atoms with Gasteiger partial charge in [0.25, 0.3) is 5.91 Å². The second-order valence-corrected chi connectivity index (χ2v) is 5.92. The molecule has 1 aliphatic heterocycles. The average molecular weight is 369 g/mol. The van der Waals surface area contributed by atoms with Gasteiger partial charge in [-0.1, -0.05) is 11.6 Å². The Morgan fingerprint density at radius 2 is 1.96 bits per heavy atom. The summed E-state index contributed by atoms with van der Waals surface area (Å²) < 4.78 is 9.94. The van der Waals surface area contributed by atoms with Gasteiger partial charge in [0.2, 0.25) is 0 Å². The molecule has 25 heavy (non-hydrogen) atoms. The summed E-state index contributed by atoms with van der Waals surface area (Å²) in [5.41, 5.74) is 6.30. The topological polar surface area (TPSA) is 98.9 Å². The fourth-order valence-corrected chi connectivity index (χ4v) is 3.17. The molecule has 0 bridgehead atoms. The van der Waals surface area contributed by atoms with Gasteiger partial charge in [0.1, 0.15) is 11.5 Å². The van der Waals surface area contributed by atoms with Gasteiger partial charge in [0.05, 0.1) is 13.2 Å². The molecular formula is C17H21ClN2O5. The highest BCUT2D eigenvalue weighted by molar-refractivity contribution is 6.25. The smallest absolute Gasteiger partial charge is 0.328 e. The maximum absolute atomic E-state index is 12.7. The van der Waals surface area contributed by atoms with E-state index in [1.807, 2.05) is 0 Å². The van der Waals surface area contributed by atoms with Crippen molar-refractivity contribution >= 4 is 35.1 Å². The number of nitrogen functional groups attached to an aromatic ring is 1. The molecule has 0 aromatic heterocycles. The Morgan fingerprint density at radius 1 is 1.28 bits per heavy atom. The zero-order valence-electron chi connectivity index (χ0n) is 14.2. The number of nitrogens with zero attached hydrogens (tertiary/aromatic N) is 1. The number of fused-ring (bicyclic) bond motifs is 1. The van der Waals surface area contributed by atoms with Crippen LogP contribution in [-0.2, 0) is 19.1 Å². The summed E-state index contributed by atoms with van der Waals surface area (Å²) in [6.45, 7) is 3.76. The minimum absolute atomic E-state index is 0.0246. The molecule has 7 nitrogen and oxygen atoms in total. The van der Waals surface area contributed by atoms with E-state index in [2.05, 4.69) is 0 Å². The van der Waals surface area contributed by atoms with Crippen molar-refractivity contribution in [2.75, 3.05) is 18.9 Å². The van der Waals surface area contributed by atoms with Crippen LogP contribution in [0.5, 0.6) is 0 Å². The molecule has 1 aliphatic rings. The largest absolute Gasteiger partial charge is 0.466 e. The summed E-state index contributed by atoms with van der Waals surface area (Å²) in [4.78, 5) is 38.0. The van der Waals surface area contributed by atoms with E-state index in [4.69, 9.17) is 26.8 Å². The lowest BCUT2D eigenvalue weighted by molar-refractivity contribution is -0.150. The van der Waals surface area contributed by atoms with Gasteiger partial charge in [-0.2, -0.15) is 0 Å². The summed E-state index contributed by atoms with van der Waals surface area (Å²) >= 11 is 6.42. The van der Waals surface area contributed by atoms with E-state index >= 15 is 0 Å². The first-order chi connectivity index (χ1) is 11.9. The number of rotatable bonds is 7. The number of carbonyl (C=O) groups excluding carboxylic acids is 3. The third-order valence-corrected chi connectivity index (χ3v) is 4.31. The van der Waals surface area contributed by atoms with Crippen LogP contribution in [0.2, 0.25) is 0 Å². The summed E-state index contributed by atoms with van der Waals surface area (Å²) in [7, 11) is 0. The van der Waals surface area contributed by atoms with E-state index in [9.17, 15) is 14.4 Å². The number of amides is 1. The van der Waals surface area contributed by atoms with Crippen molar-refractivity contribution < 1.29 is 23.9 Å². The van der Waals surface area contributed by atoms with Crippen LogP contribution in [0.3, 0.4) is 0 Å². The van der Waals surface area contributed by atoms with Crippen molar-refractivity contribution in [1.29, 1.82) is 0 Å². The number of benzene rings is 1. The van der Waals surface area contributed by atoms with Gasteiger partial charge >= 0.3 is 11.9 Å². The average Bonchev–Trinajstić information content (AvgIpc) is 2.80. The van der Waals surface area contributed by atoms with Crippen molar-refractivity contribution in [2.45, 2.75) is 38.2 Å². The Bertz CT molecular complexity index is 679. The maximum atomic E-state index is 12.7. The molecule has 136 valence electrons. The minimum Gasteiger partial charge on any atom is -0.466 e. The monoisotopic (exact) mass is 368 g/mol. The van der Waals surface area contributed by atoms with E-state index in [1.165, 1.54) is 4.90 Å². The third-order valence-electron chi connectivity index (χ3n) is 3.86. The fourth-order valence-electron chi connectivity index (χ4n) is 2.76. The second-order valence-electron chi connectivity index (χ2n) is 5.51. The predicted octanol–water partition coefficient (Wildman–Crippen LogP) is 2.24. The Morgan fingerprint density at radius 3 is 2.60 bits per heavy atom. The lowest BCUT2D eigenvalue weighted by atomic mass is 10.1. The van der Waals surface area contributed by atoms with Crippen LogP contribution in [0.15, 0.2) is 18.2 Å². The Balaban J connectivity index is 2.26. The summed E-state index contributed by atoms with van der Waals surface area (Å²) in [6, 6.07) is 3.81. The molecule has 0 aliphatic carbocycles. The van der Waals surface area contributed by atoms with Crippen molar-refractivity contribution in [3.8, 4) is 0 Å². The number of carbonyl (C=O) groups is 3. The van der Waals surface area contributed by atoms with Crippen molar-refractivity contribution in [2.24, 2.45) is 0 Å². The van der Waals surface area contributed by atoms with Gasteiger partial charge in [-0.3, -0.25) is 9.59 Å². The summed E-state index contributed by atoms with van der Waals surface area (Å²) in [5.74, 6) is -1.44. The van der Waals surface area contributed by atoms with E-state index in [0.717, 1.165) is 0 Å². The highest BCUT2D eigenvalue weighted by Gasteiger charge is 2.43. The molecule has 2 rings (SSSR count).